The van der Waals surface area contributed by atoms with Crippen molar-refractivity contribution in [3.05, 3.63) is 53.4 Å². The molecule has 0 bridgehead atoms. The van der Waals surface area contributed by atoms with Crippen molar-refractivity contribution in [1.82, 2.24) is 10.1 Å². The van der Waals surface area contributed by atoms with Gasteiger partial charge in [-0.25, -0.2) is 0 Å². The van der Waals surface area contributed by atoms with Crippen molar-refractivity contribution in [1.29, 1.82) is 0 Å². The Bertz CT molecular complexity index is 1140. The molecule has 1 amide bonds. The number of methoxy groups -OCH3 is 1. The maximum absolute atomic E-state index is 12.9. The van der Waals surface area contributed by atoms with Gasteiger partial charge in [-0.05, 0) is 68.0 Å². The summed E-state index contributed by atoms with van der Waals surface area (Å²) in [4.78, 5) is 19.4. The van der Waals surface area contributed by atoms with Crippen LogP contribution in [0.5, 0.6) is 11.5 Å². The van der Waals surface area contributed by atoms with Gasteiger partial charge < -0.3 is 18.9 Å². The van der Waals surface area contributed by atoms with E-state index in [0.717, 1.165) is 24.1 Å². The van der Waals surface area contributed by atoms with Crippen LogP contribution in [0.4, 0.5) is 5.69 Å². The van der Waals surface area contributed by atoms with Gasteiger partial charge in [0, 0.05) is 24.2 Å². The third kappa shape index (κ3) is 3.72. The third-order valence-corrected chi connectivity index (χ3v) is 6.30. The lowest BCUT2D eigenvalue weighted by Crippen LogP contribution is -2.26. The van der Waals surface area contributed by atoms with Gasteiger partial charge in [0.1, 0.15) is 0 Å². The maximum Gasteiger partial charge on any atom is 0.232 e. The Morgan fingerprint density at radius 3 is 2.88 bits per heavy atom. The van der Waals surface area contributed by atoms with Crippen molar-refractivity contribution in [2.75, 3.05) is 25.2 Å². The van der Waals surface area contributed by atoms with E-state index in [4.69, 9.17) is 14.0 Å². The molecular weight excluding hydrogens is 406 g/mol. The zero-order valence-corrected chi connectivity index (χ0v) is 18.5. The molecule has 0 N–H and O–H groups in total. The molecular formula is C25H27N3O4. The van der Waals surface area contributed by atoms with E-state index in [2.05, 4.69) is 28.3 Å². The SMILES string of the molecule is CCOc1ccc(-c2noc(C3CC(=O)N(c4cccc5c4CCCC5)C3)n2)cc1OC. The molecule has 2 aliphatic rings. The summed E-state index contributed by atoms with van der Waals surface area (Å²) in [6.07, 6.45) is 4.89. The molecule has 32 heavy (non-hydrogen) atoms. The lowest BCUT2D eigenvalue weighted by atomic mass is 9.90. The normalized spacial score (nSPS) is 18.0. The molecule has 1 unspecified atom stereocenters. The van der Waals surface area contributed by atoms with E-state index < -0.39 is 0 Å². The summed E-state index contributed by atoms with van der Waals surface area (Å²) in [5.74, 6) is 2.25. The molecule has 1 fully saturated rings. The average molecular weight is 434 g/mol. The number of hydrogen-bond donors (Lipinski definition) is 0. The van der Waals surface area contributed by atoms with Crippen LogP contribution in [-0.2, 0) is 17.6 Å². The van der Waals surface area contributed by atoms with Gasteiger partial charge >= 0.3 is 0 Å². The van der Waals surface area contributed by atoms with Gasteiger partial charge in [0.25, 0.3) is 0 Å². The molecule has 7 heteroatoms. The van der Waals surface area contributed by atoms with Crippen LogP contribution in [0.2, 0.25) is 0 Å². The van der Waals surface area contributed by atoms with Crippen LogP contribution in [0.1, 0.15) is 49.1 Å². The summed E-state index contributed by atoms with van der Waals surface area (Å²) < 4.78 is 16.6. The number of aryl methyl sites for hydroxylation is 1. The Hall–Kier alpha value is -3.35. The highest BCUT2D eigenvalue weighted by Crippen LogP contribution is 2.37. The molecule has 2 heterocycles. The summed E-state index contributed by atoms with van der Waals surface area (Å²) in [5, 5.41) is 4.16. The third-order valence-electron chi connectivity index (χ3n) is 6.30. The molecule has 0 spiro atoms. The number of amides is 1. The highest BCUT2D eigenvalue weighted by molar-refractivity contribution is 5.97. The minimum Gasteiger partial charge on any atom is -0.493 e. The van der Waals surface area contributed by atoms with Crippen LogP contribution < -0.4 is 14.4 Å². The molecule has 5 rings (SSSR count). The number of hydrogen-bond acceptors (Lipinski definition) is 6. The Morgan fingerprint density at radius 2 is 2.03 bits per heavy atom. The summed E-state index contributed by atoms with van der Waals surface area (Å²) in [6.45, 7) is 3.04. The van der Waals surface area contributed by atoms with E-state index in [1.165, 1.54) is 24.0 Å². The summed E-state index contributed by atoms with van der Waals surface area (Å²) in [7, 11) is 1.60. The highest BCUT2D eigenvalue weighted by Gasteiger charge is 2.36. The number of anilines is 1. The van der Waals surface area contributed by atoms with Crippen LogP contribution in [-0.4, -0.2) is 36.3 Å². The molecule has 2 aromatic carbocycles. The van der Waals surface area contributed by atoms with Gasteiger partial charge in [0.05, 0.1) is 19.6 Å². The number of nitrogens with zero attached hydrogens (tertiary/aromatic N) is 3. The molecule has 3 aromatic rings. The first-order valence-electron chi connectivity index (χ1n) is 11.2. The minimum atomic E-state index is -0.118. The fourth-order valence-electron chi connectivity index (χ4n) is 4.72. The summed E-state index contributed by atoms with van der Waals surface area (Å²) in [5.41, 5.74) is 4.51. The zero-order chi connectivity index (χ0) is 22.1. The fraction of sp³-hybridized carbons (Fsp3) is 0.400. The van der Waals surface area contributed by atoms with Gasteiger partial charge in [-0.1, -0.05) is 17.3 Å². The average Bonchev–Trinajstić information content (AvgIpc) is 3.46. The molecule has 7 nitrogen and oxygen atoms in total. The summed E-state index contributed by atoms with van der Waals surface area (Å²) >= 11 is 0. The Kier molecular flexibility index (Phi) is 5.55. The number of aromatic nitrogens is 2. The fourth-order valence-corrected chi connectivity index (χ4v) is 4.72. The molecule has 166 valence electrons. The lowest BCUT2D eigenvalue weighted by Gasteiger charge is -2.25. The Morgan fingerprint density at radius 1 is 1.16 bits per heavy atom. The van der Waals surface area contributed by atoms with Gasteiger partial charge in [0.15, 0.2) is 11.5 Å². The van der Waals surface area contributed by atoms with E-state index in [1.54, 1.807) is 7.11 Å². The Labute approximate surface area is 187 Å². The predicted molar refractivity (Wildman–Crippen MR) is 120 cm³/mol. The first-order chi connectivity index (χ1) is 15.7. The molecule has 0 radical (unpaired) electrons. The van der Waals surface area contributed by atoms with E-state index in [-0.39, 0.29) is 11.8 Å². The van der Waals surface area contributed by atoms with Crippen molar-refractivity contribution in [3.63, 3.8) is 0 Å². The minimum absolute atomic E-state index is 0.108. The first kappa shape index (κ1) is 20.5. The standard InChI is InChI=1S/C25H27N3O4/c1-3-31-21-12-11-17(13-22(21)30-2)24-26-25(32-27-24)18-14-23(29)28(15-18)20-10-6-8-16-7-4-5-9-19(16)20/h6,8,10-13,18H,3-5,7,9,14-15H2,1-2H3. The second kappa shape index (κ2) is 8.65. The number of ether oxygens (including phenoxy) is 2. The molecule has 1 saturated heterocycles. The monoisotopic (exact) mass is 433 g/mol. The largest absolute Gasteiger partial charge is 0.493 e. The predicted octanol–water partition coefficient (Wildman–Crippen LogP) is 4.54. The van der Waals surface area contributed by atoms with Gasteiger partial charge in [-0.3, -0.25) is 4.79 Å². The highest BCUT2D eigenvalue weighted by atomic mass is 16.5. The number of carbonyl (C=O) groups is 1. The smallest absolute Gasteiger partial charge is 0.232 e. The lowest BCUT2D eigenvalue weighted by molar-refractivity contribution is -0.117. The van der Waals surface area contributed by atoms with Gasteiger partial charge in [0.2, 0.25) is 17.6 Å². The number of rotatable bonds is 6. The van der Waals surface area contributed by atoms with Crippen molar-refractivity contribution >= 4 is 11.6 Å². The molecule has 1 aromatic heterocycles. The quantitative estimate of drug-likeness (QED) is 0.568. The maximum atomic E-state index is 12.9. The van der Waals surface area contributed by atoms with Crippen LogP contribution in [0.3, 0.4) is 0 Å². The zero-order valence-electron chi connectivity index (χ0n) is 18.5. The van der Waals surface area contributed by atoms with Crippen LogP contribution in [0.15, 0.2) is 40.9 Å². The van der Waals surface area contributed by atoms with E-state index in [9.17, 15) is 4.79 Å². The number of benzene rings is 2. The first-order valence-corrected chi connectivity index (χ1v) is 11.2. The van der Waals surface area contributed by atoms with E-state index in [1.807, 2.05) is 30.0 Å². The van der Waals surface area contributed by atoms with Crippen molar-refractivity contribution in [2.24, 2.45) is 0 Å². The van der Waals surface area contributed by atoms with Gasteiger partial charge in [-0.15, -0.1) is 0 Å². The molecule has 1 aliphatic heterocycles. The van der Waals surface area contributed by atoms with Crippen LogP contribution >= 0.6 is 0 Å². The second-order valence-electron chi connectivity index (χ2n) is 8.28. The van der Waals surface area contributed by atoms with Crippen molar-refractivity contribution in [3.8, 4) is 22.9 Å². The molecule has 1 atom stereocenters. The van der Waals surface area contributed by atoms with Crippen molar-refractivity contribution in [2.45, 2.75) is 44.9 Å². The molecule has 1 aliphatic carbocycles. The van der Waals surface area contributed by atoms with Gasteiger partial charge in [-0.2, -0.15) is 4.98 Å². The Balaban J connectivity index is 1.37. The second-order valence-corrected chi connectivity index (χ2v) is 8.28. The van der Waals surface area contributed by atoms with Crippen LogP contribution in [0.25, 0.3) is 11.4 Å². The van der Waals surface area contributed by atoms with E-state index in [0.29, 0.717) is 42.8 Å². The summed E-state index contributed by atoms with van der Waals surface area (Å²) in [6, 6.07) is 11.9. The van der Waals surface area contributed by atoms with E-state index >= 15 is 0 Å². The number of fused-ring (bicyclic) bond motifs is 1. The van der Waals surface area contributed by atoms with Crippen molar-refractivity contribution < 1.29 is 18.8 Å². The molecule has 0 saturated carbocycles. The van der Waals surface area contributed by atoms with Crippen LogP contribution in [0, 0.1) is 0 Å². The topological polar surface area (TPSA) is 77.7 Å². The number of carbonyl (C=O) groups excluding carboxylic acids is 1.